The Kier molecular flexibility index (Phi) is 5.20. The molecule has 0 aliphatic rings. The Hall–Kier alpha value is -1.59. The summed E-state index contributed by atoms with van der Waals surface area (Å²) in [5.74, 6) is -1.33. The highest BCUT2D eigenvalue weighted by Crippen LogP contribution is 2.22. The number of nitrogens with zero attached hydrogens (tertiary/aromatic N) is 1. The van der Waals surface area contributed by atoms with Crippen molar-refractivity contribution in [2.75, 3.05) is 11.4 Å². The number of hydrogen-bond donors (Lipinski definition) is 1. The Morgan fingerprint density at radius 2 is 1.90 bits per heavy atom. The molecular formula is C15H12BrClFNO2. The molecule has 3 nitrogen and oxygen atoms in total. The van der Waals surface area contributed by atoms with Gasteiger partial charge in [-0.05, 0) is 57.9 Å². The quantitative estimate of drug-likeness (QED) is 0.849. The number of benzene rings is 2. The molecule has 0 aromatic heterocycles. The Labute approximate surface area is 135 Å². The third-order valence-electron chi connectivity index (χ3n) is 2.88. The van der Waals surface area contributed by atoms with Gasteiger partial charge in [0.25, 0.3) is 0 Å². The molecule has 2 aromatic rings. The van der Waals surface area contributed by atoms with Crippen LogP contribution in [0.1, 0.15) is 5.56 Å². The maximum atomic E-state index is 13.5. The molecule has 0 radical (unpaired) electrons. The lowest BCUT2D eigenvalue weighted by molar-refractivity contribution is -0.135. The first-order valence-electron chi connectivity index (χ1n) is 6.12. The van der Waals surface area contributed by atoms with Gasteiger partial charge in [-0.15, -0.1) is 0 Å². The number of rotatable bonds is 5. The van der Waals surface area contributed by atoms with E-state index in [0.717, 1.165) is 0 Å². The molecule has 0 heterocycles. The molecule has 0 saturated heterocycles. The van der Waals surface area contributed by atoms with Crippen LogP contribution in [0.2, 0.25) is 5.02 Å². The average molecular weight is 373 g/mol. The van der Waals surface area contributed by atoms with Crippen molar-refractivity contribution in [3.05, 3.63) is 63.3 Å². The second kappa shape index (κ2) is 6.91. The topological polar surface area (TPSA) is 40.5 Å². The summed E-state index contributed by atoms with van der Waals surface area (Å²) in [5, 5.41) is 9.60. The zero-order valence-corrected chi connectivity index (χ0v) is 13.2. The molecule has 0 fully saturated rings. The predicted octanol–water partition coefficient (Wildman–Crippen LogP) is 4.33. The minimum Gasteiger partial charge on any atom is -0.480 e. The van der Waals surface area contributed by atoms with Crippen LogP contribution in [0.15, 0.2) is 46.9 Å². The summed E-state index contributed by atoms with van der Waals surface area (Å²) in [4.78, 5) is 12.7. The molecule has 1 N–H and O–H groups in total. The van der Waals surface area contributed by atoms with Gasteiger partial charge in [-0.2, -0.15) is 0 Å². The van der Waals surface area contributed by atoms with E-state index in [1.807, 2.05) is 0 Å². The zero-order valence-electron chi connectivity index (χ0n) is 10.9. The molecule has 0 aliphatic carbocycles. The molecule has 2 aromatic carbocycles. The number of anilines is 1. The largest absolute Gasteiger partial charge is 0.480 e. The first-order valence-corrected chi connectivity index (χ1v) is 7.29. The number of hydrogen-bond acceptors (Lipinski definition) is 2. The zero-order chi connectivity index (χ0) is 15.4. The van der Waals surface area contributed by atoms with Gasteiger partial charge in [-0.1, -0.05) is 17.7 Å². The molecule has 110 valence electrons. The fraction of sp³-hybridized carbons (Fsp3) is 0.133. The standard InChI is InChI=1S/C15H12BrClFNO2/c16-13-6-1-10(7-14(13)18)8-19(9-15(20)21)12-4-2-11(17)3-5-12/h1-7H,8-9H2,(H,20,21). The van der Waals surface area contributed by atoms with Crippen LogP contribution >= 0.6 is 27.5 Å². The second-order valence-corrected chi connectivity index (χ2v) is 5.77. The van der Waals surface area contributed by atoms with Gasteiger partial charge in [0.15, 0.2) is 0 Å². The molecule has 6 heteroatoms. The molecule has 0 amide bonds. The van der Waals surface area contributed by atoms with Crippen LogP contribution in [0.25, 0.3) is 0 Å². The SMILES string of the molecule is O=C(O)CN(Cc1ccc(Br)c(F)c1)c1ccc(Cl)cc1. The summed E-state index contributed by atoms with van der Waals surface area (Å²) in [6.45, 7) is 0.109. The lowest BCUT2D eigenvalue weighted by Gasteiger charge is -2.23. The molecule has 0 bridgehead atoms. The highest BCUT2D eigenvalue weighted by Gasteiger charge is 2.12. The van der Waals surface area contributed by atoms with Gasteiger partial charge in [0, 0.05) is 17.3 Å². The van der Waals surface area contributed by atoms with E-state index in [0.29, 0.717) is 20.7 Å². The molecular weight excluding hydrogens is 361 g/mol. The van der Waals surface area contributed by atoms with E-state index >= 15 is 0 Å². The fourth-order valence-electron chi connectivity index (χ4n) is 1.91. The Balaban J connectivity index is 2.25. The fourth-order valence-corrected chi connectivity index (χ4v) is 2.28. The van der Waals surface area contributed by atoms with Crippen molar-refractivity contribution >= 4 is 39.2 Å². The van der Waals surface area contributed by atoms with E-state index in [2.05, 4.69) is 15.9 Å². The number of halogens is 3. The first-order chi connectivity index (χ1) is 9.95. The second-order valence-electron chi connectivity index (χ2n) is 4.47. The van der Waals surface area contributed by atoms with Gasteiger partial charge in [-0.3, -0.25) is 4.79 Å². The Morgan fingerprint density at radius 3 is 2.48 bits per heavy atom. The molecule has 2 rings (SSSR count). The van der Waals surface area contributed by atoms with E-state index in [4.69, 9.17) is 16.7 Å². The third kappa shape index (κ3) is 4.44. The maximum absolute atomic E-state index is 13.5. The lowest BCUT2D eigenvalue weighted by Crippen LogP contribution is -2.29. The normalized spacial score (nSPS) is 10.4. The number of aliphatic carboxylic acids is 1. The summed E-state index contributed by atoms with van der Waals surface area (Å²) < 4.78 is 13.9. The lowest BCUT2D eigenvalue weighted by atomic mass is 10.2. The van der Waals surface area contributed by atoms with Gasteiger partial charge in [0.2, 0.25) is 0 Å². The summed E-state index contributed by atoms with van der Waals surface area (Å²) in [6, 6.07) is 11.6. The minimum atomic E-state index is -0.956. The Morgan fingerprint density at radius 1 is 1.24 bits per heavy atom. The van der Waals surface area contributed by atoms with E-state index in [-0.39, 0.29) is 18.9 Å². The van der Waals surface area contributed by atoms with E-state index in [9.17, 15) is 9.18 Å². The summed E-state index contributed by atoms with van der Waals surface area (Å²) in [6.07, 6.45) is 0. The van der Waals surface area contributed by atoms with Crippen molar-refractivity contribution in [2.45, 2.75) is 6.54 Å². The van der Waals surface area contributed by atoms with Gasteiger partial charge in [0.05, 0.1) is 4.47 Å². The third-order valence-corrected chi connectivity index (χ3v) is 3.77. The van der Waals surface area contributed by atoms with Crippen LogP contribution in [-0.4, -0.2) is 17.6 Å². The summed E-state index contributed by atoms with van der Waals surface area (Å²) >= 11 is 8.92. The summed E-state index contributed by atoms with van der Waals surface area (Å²) in [5.41, 5.74) is 1.40. The highest BCUT2D eigenvalue weighted by atomic mass is 79.9. The van der Waals surface area contributed by atoms with Gasteiger partial charge >= 0.3 is 5.97 Å². The van der Waals surface area contributed by atoms with E-state index < -0.39 is 5.97 Å². The minimum absolute atomic E-state index is 0.181. The van der Waals surface area contributed by atoms with Crippen LogP contribution in [0, 0.1) is 5.82 Å². The first kappa shape index (κ1) is 15.8. The number of carboxylic acid groups (broad SMARTS) is 1. The van der Waals surface area contributed by atoms with E-state index in [1.54, 1.807) is 41.3 Å². The van der Waals surface area contributed by atoms with Crippen LogP contribution in [0.3, 0.4) is 0 Å². The molecule has 0 aliphatic heterocycles. The monoisotopic (exact) mass is 371 g/mol. The maximum Gasteiger partial charge on any atom is 0.323 e. The smallest absolute Gasteiger partial charge is 0.323 e. The van der Waals surface area contributed by atoms with Crippen LogP contribution in [-0.2, 0) is 11.3 Å². The molecule has 0 atom stereocenters. The van der Waals surface area contributed by atoms with Crippen molar-refractivity contribution in [1.29, 1.82) is 0 Å². The van der Waals surface area contributed by atoms with Crippen molar-refractivity contribution in [2.24, 2.45) is 0 Å². The highest BCUT2D eigenvalue weighted by molar-refractivity contribution is 9.10. The van der Waals surface area contributed by atoms with Crippen LogP contribution in [0.5, 0.6) is 0 Å². The average Bonchev–Trinajstić information content (AvgIpc) is 2.42. The van der Waals surface area contributed by atoms with Gasteiger partial charge in [-0.25, -0.2) is 4.39 Å². The van der Waals surface area contributed by atoms with Crippen molar-refractivity contribution < 1.29 is 14.3 Å². The van der Waals surface area contributed by atoms with Crippen LogP contribution in [0.4, 0.5) is 10.1 Å². The Bertz CT molecular complexity index is 649. The number of carbonyl (C=O) groups is 1. The number of carboxylic acids is 1. The molecule has 0 unspecified atom stereocenters. The summed E-state index contributed by atoms with van der Waals surface area (Å²) in [7, 11) is 0. The predicted molar refractivity (Wildman–Crippen MR) is 84.2 cm³/mol. The molecule has 21 heavy (non-hydrogen) atoms. The van der Waals surface area contributed by atoms with Gasteiger partial charge < -0.3 is 10.0 Å². The van der Waals surface area contributed by atoms with E-state index in [1.165, 1.54) is 6.07 Å². The van der Waals surface area contributed by atoms with Crippen LogP contribution < -0.4 is 4.90 Å². The molecule has 0 spiro atoms. The van der Waals surface area contributed by atoms with Gasteiger partial charge in [0.1, 0.15) is 12.4 Å². The van der Waals surface area contributed by atoms with Crippen molar-refractivity contribution in [3.8, 4) is 0 Å². The van der Waals surface area contributed by atoms with Crippen molar-refractivity contribution in [1.82, 2.24) is 0 Å². The molecule has 0 saturated carbocycles. The van der Waals surface area contributed by atoms with Crippen molar-refractivity contribution in [3.63, 3.8) is 0 Å².